The Hall–Kier alpha value is -1.70. The maximum atomic E-state index is 11.8. The van der Waals surface area contributed by atoms with Gasteiger partial charge in [-0.25, -0.2) is 4.79 Å². The number of carbonyl (C=O) groups is 2. The molecule has 3 N–H and O–H groups in total. The maximum Gasteiger partial charge on any atom is 0.319 e. The Balaban J connectivity index is 2.64. The first-order chi connectivity index (χ1) is 8.54. The van der Waals surface area contributed by atoms with E-state index >= 15 is 0 Å². The van der Waals surface area contributed by atoms with E-state index in [2.05, 4.69) is 25.5 Å². The Labute approximate surface area is 110 Å². The molecule has 100 valence electrons. The quantitative estimate of drug-likeness (QED) is 0.746. The zero-order chi connectivity index (χ0) is 13.5. The van der Waals surface area contributed by atoms with E-state index in [0.29, 0.717) is 24.0 Å². The third-order valence-corrected chi connectivity index (χ3v) is 2.58. The minimum Gasteiger partial charge on any atom is -0.350 e. The van der Waals surface area contributed by atoms with Gasteiger partial charge in [0.15, 0.2) is 10.7 Å². The van der Waals surface area contributed by atoms with Crippen molar-refractivity contribution in [1.82, 2.24) is 20.2 Å². The van der Waals surface area contributed by atoms with Crippen LogP contribution in [0.5, 0.6) is 0 Å². The second-order valence-electron chi connectivity index (χ2n) is 4.04. The fourth-order valence-corrected chi connectivity index (χ4v) is 1.67. The third kappa shape index (κ3) is 4.28. The lowest BCUT2D eigenvalue weighted by Gasteiger charge is -2.07. The molecule has 1 aromatic heterocycles. The summed E-state index contributed by atoms with van der Waals surface area (Å²) in [5, 5.41) is 11.9. The lowest BCUT2D eigenvalue weighted by atomic mass is 10.2. The summed E-state index contributed by atoms with van der Waals surface area (Å²) in [5.41, 5.74) is 0.145. The van der Waals surface area contributed by atoms with Crippen LogP contribution in [0.3, 0.4) is 0 Å². The summed E-state index contributed by atoms with van der Waals surface area (Å²) in [6.07, 6.45) is 0. The summed E-state index contributed by atoms with van der Waals surface area (Å²) in [6.45, 7) is 6.85. The first-order valence-corrected chi connectivity index (χ1v) is 6.47. The van der Waals surface area contributed by atoms with Gasteiger partial charge in [0.2, 0.25) is 0 Å². The van der Waals surface area contributed by atoms with Crippen molar-refractivity contribution in [3.8, 4) is 0 Å². The van der Waals surface area contributed by atoms with Gasteiger partial charge in [0, 0.05) is 24.6 Å². The van der Waals surface area contributed by atoms with Crippen LogP contribution in [0.25, 0.3) is 0 Å². The van der Waals surface area contributed by atoms with Crippen molar-refractivity contribution in [2.45, 2.75) is 20.8 Å². The molecule has 0 radical (unpaired) electrons. The van der Waals surface area contributed by atoms with E-state index in [1.54, 1.807) is 6.92 Å². The molecule has 0 saturated heterocycles. The van der Waals surface area contributed by atoms with Crippen molar-refractivity contribution in [1.29, 1.82) is 0 Å². The van der Waals surface area contributed by atoms with E-state index in [0.717, 1.165) is 11.5 Å². The van der Waals surface area contributed by atoms with Gasteiger partial charge in [-0.3, -0.25) is 10.1 Å². The van der Waals surface area contributed by atoms with Crippen LogP contribution in [-0.2, 0) is 0 Å². The molecule has 1 rings (SSSR count). The highest BCUT2D eigenvalue weighted by atomic mass is 32.1. The average Bonchev–Trinajstić information content (AvgIpc) is 2.74. The standard InChI is InChI=1S/C10H17N5O2S/c1-4-11-10(17)13-9-7(14-15-18-9)8(16)12-5-6(2)3/h6H,4-5H2,1-3H3,(H,12,16)(H2,11,13,17). The number of aromatic nitrogens is 2. The van der Waals surface area contributed by atoms with Gasteiger partial charge in [-0.15, -0.1) is 5.10 Å². The number of hydrogen-bond acceptors (Lipinski definition) is 5. The second-order valence-corrected chi connectivity index (χ2v) is 4.79. The fraction of sp³-hybridized carbons (Fsp3) is 0.600. The maximum absolute atomic E-state index is 11.8. The first-order valence-electron chi connectivity index (χ1n) is 5.70. The van der Waals surface area contributed by atoms with Crippen molar-refractivity contribution in [3.05, 3.63) is 5.69 Å². The minimum absolute atomic E-state index is 0.145. The van der Waals surface area contributed by atoms with Gasteiger partial charge in [0.1, 0.15) is 0 Å². The number of hydrogen-bond donors (Lipinski definition) is 3. The topological polar surface area (TPSA) is 96.0 Å². The molecule has 1 heterocycles. The normalized spacial score (nSPS) is 10.2. The van der Waals surface area contributed by atoms with Gasteiger partial charge in [-0.2, -0.15) is 0 Å². The van der Waals surface area contributed by atoms with E-state index < -0.39 is 0 Å². The Kier molecular flexibility index (Phi) is 5.50. The highest BCUT2D eigenvalue weighted by Crippen LogP contribution is 2.17. The Morgan fingerprint density at radius 3 is 2.67 bits per heavy atom. The summed E-state index contributed by atoms with van der Waals surface area (Å²) >= 11 is 0.972. The number of carbonyl (C=O) groups excluding carboxylic acids is 2. The predicted octanol–water partition coefficient (Wildman–Crippen LogP) is 1.07. The van der Waals surface area contributed by atoms with Crippen LogP contribution in [-0.4, -0.2) is 34.6 Å². The van der Waals surface area contributed by atoms with Crippen LogP contribution in [0.2, 0.25) is 0 Å². The molecule has 18 heavy (non-hydrogen) atoms. The summed E-state index contributed by atoms with van der Waals surface area (Å²) in [4.78, 5) is 23.1. The van der Waals surface area contributed by atoms with Gasteiger partial charge in [0.25, 0.3) is 5.91 Å². The molecule has 3 amide bonds. The minimum atomic E-state index is -0.374. The molecule has 0 aromatic carbocycles. The fourth-order valence-electron chi connectivity index (χ4n) is 1.11. The van der Waals surface area contributed by atoms with Crippen LogP contribution < -0.4 is 16.0 Å². The van der Waals surface area contributed by atoms with Gasteiger partial charge in [0.05, 0.1) is 0 Å². The number of nitrogens with one attached hydrogen (secondary N) is 3. The number of rotatable bonds is 5. The molecule has 0 unspecified atom stereocenters. The monoisotopic (exact) mass is 271 g/mol. The number of anilines is 1. The van der Waals surface area contributed by atoms with Crippen LogP contribution >= 0.6 is 11.5 Å². The summed E-state index contributed by atoms with van der Waals surface area (Å²) < 4.78 is 3.67. The van der Waals surface area contributed by atoms with Gasteiger partial charge in [-0.1, -0.05) is 18.3 Å². The molecule has 1 aromatic rings. The molecule has 0 atom stereocenters. The van der Waals surface area contributed by atoms with Gasteiger partial charge >= 0.3 is 6.03 Å². The summed E-state index contributed by atoms with van der Waals surface area (Å²) in [7, 11) is 0. The smallest absolute Gasteiger partial charge is 0.319 e. The van der Waals surface area contributed by atoms with E-state index in [4.69, 9.17) is 0 Å². The lowest BCUT2D eigenvalue weighted by molar-refractivity contribution is 0.0945. The molecule has 0 fully saturated rings. The third-order valence-electron chi connectivity index (χ3n) is 1.94. The van der Waals surface area contributed by atoms with Crippen LogP contribution in [0.4, 0.5) is 9.80 Å². The molecule has 0 aliphatic rings. The van der Waals surface area contributed by atoms with Crippen molar-refractivity contribution in [3.63, 3.8) is 0 Å². The van der Waals surface area contributed by atoms with Crippen LogP contribution in [0.1, 0.15) is 31.3 Å². The first kappa shape index (κ1) is 14.4. The van der Waals surface area contributed by atoms with E-state index in [9.17, 15) is 9.59 Å². The molecule has 0 spiro atoms. The largest absolute Gasteiger partial charge is 0.350 e. The molecule has 0 aliphatic carbocycles. The SMILES string of the molecule is CCNC(=O)Nc1snnc1C(=O)NCC(C)C. The van der Waals surface area contributed by atoms with E-state index in [1.807, 2.05) is 13.8 Å². The second kappa shape index (κ2) is 6.90. The van der Waals surface area contributed by atoms with Crippen molar-refractivity contribution in [2.75, 3.05) is 18.4 Å². The Morgan fingerprint density at radius 2 is 2.06 bits per heavy atom. The van der Waals surface area contributed by atoms with Crippen LogP contribution in [0, 0.1) is 5.92 Å². The molecule has 0 aliphatic heterocycles. The summed E-state index contributed by atoms with van der Waals surface area (Å²) in [5.74, 6) is 0.0181. The van der Waals surface area contributed by atoms with Gasteiger partial charge < -0.3 is 10.6 Å². The predicted molar refractivity (Wildman–Crippen MR) is 69.8 cm³/mol. The number of amides is 3. The van der Waals surface area contributed by atoms with Crippen molar-refractivity contribution in [2.24, 2.45) is 5.92 Å². The van der Waals surface area contributed by atoms with Crippen LogP contribution in [0.15, 0.2) is 0 Å². The van der Waals surface area contributed by atoms with Crippen molar-refractivity contribution < 1.29 is 9.59 Å². The highest BCUT2D eigenvalue weighted by molar-refractivity contribution is 7.10. The van der Waals surface area contributed by atoms with Crippen molar-refractivity contribution >= 4 is 28.5 Å². The summed E-state index contributed by atoms with van der Waals surface area (Å²) in [6, 6.07) is -0.374. The van der Waals surface area contributed by atoms with E-state index in [1.165, 1.54) is 0 Å². The number of urea groups is 1. The zero-order valence-corrected chi connectivity index (χ0v) is 11.4. The Morgan fingerprint density at radius 1 is 1.33 bits per heavy atom. The zero-order valence-electron chi connectivity index (χ0n) is 10.6. The lowest BCUT2D eigenvalue weighted by Crippen LogP contribution is -2.31. The molecular formula is C10H17N5O2S. The Bertz CT molecular complexity index is 418. The highest BCUT2D eigenvalue weighted by Gasteiger charge is 2.18. The number of nitrogens with zero attached hydrogens (tertiary/aromatic N) is 2. The molecule has 8 heteroatoms. The average molecular weight is 271 g/mol. The molecular weight excluding hydrogens is 254 g/mol. The molecule has 0 bridgehead atoms. The van der Waals surface area contributed by atoms with Gasteiger partial charge in [-0.05, 0) is 12.8 Å². The molecule has 7 nitrogen and oxygen atoms in total. The van der Waals surface area contributed by atoms with E-state index in [-0.39, 0.29) is 17.6 Å². The molecule has 0 saturated carbocycles.